The lowest BCUT2D eigenvalue weighted by Crippen LogP contribution is -2.28. The highest BCUT2D eigenvalue weighted by molar-refractivity contribution is 5.29. The molecule has 0 aromatic carbocycles. The fraction of sp³-hybridized carbons (Fsp3) is 0.583. The standard InChI is InChI=1S/C12H21N3O/c1-3-15(4-2)7-8-16-12-5-6-14-10-11(12)9-13/h5-6,10H,3-4,7-9,13H2,1-2H3. The number of pyridine rings is 1. The Bertz CT molecular complexity index is 300. The SMILES string of the molecule is CCN(CC)CCOc1ccncc1CN. The summed E-state index contributed by atoms with van der Waals surface area (Å²) in [4.78, 5) is 6.34. The zero-order valence-corrected chi connectivity index (χ0v) is 10.1. The second-order valence-electron chi connectivity index (χ2n) is 3.56. The molecule has 0 fully saturated rings. The molecular weight excluding hydrogens is 202 g/mol. The van der Waals surface area contributed by atoms with Crippen LogP contribution in [0, 0.1) is 0 Å². The van der Waals surface area contributed by atoms with Crippen LogP contribution in [0.2, 0.25) is 0 Å². The summed E-state index contributed by atoms with van der Waals surface area (Å²) in [6.45, 7) is 8.52. The van der Waals surface area contributed by atoms with Gasteiger partial charge in [-0.15, -0.1) is 0 Å². The van der Waals surface area contributed by atoms with Crippen LogP contribution < -0.4 is 10.5 Å². The van der Waals surface area contributed by atoms with E-state index in [4.69, 9.17) is 10.5 Å². The van der Waals surface area contributed by atoms with Crippen molar-refractivity contribution in [1.29, 1.82) is 0 Å². The van der Waals surface area contributed by atoms with Crippen molar-refractivity contribution in [1.82, 2.24) is 9.88 Å². The third-order valence-electron chi connectivity index (χ3n) is 2.64. The van der Waals surface area contributed by atoms with E-state index in [1.165, 1.54) is 0 Å². The molecule has 4 heteroatoms. The lowest BCUT2D eigenvalue weighted by molar-refractivity contribution is 0.221. The summed E-state index contributed by atoms with van der Waals surface area (Å²) in [6, 6.07) is 1.87. The third kappa shape index (κ3) is 3.79. The average molecular weight is 223 g/mol. The van der Waals surface area contributed by atoms with Gasteiger partial charge in [-0.1, -0.05) is 13.8 Å². The molecular formula is C12H21N3O. The van der Waals surface area contributed by atoms with Crippen LogP contribution in [0.3, 0.4) is 0 Å². The van der Waals surface area contributed by atoms with Crippen molar-refractivity contribution >= 4 is 0 Å². The highest BCUT2D eigenvalue weighted by Crippen LogP contribution is 2.15. The van der Waals surface area contributed by atoms with Crippen molar-refractivity contribution in [2.24, 2.45) is 5.73 Å². The number of hydrogen-bond donors (Lipinski definition) is 1. The van der Waals surface area contributed by atoms with Gasteiger partial charge in [-0.05, 0) is 19.2 Å². The first-order chi connectivity index (χ1) is 7.81. The van der Waals surface area contributed by atoms with E-state index in [1.807, 2.05) is 6.07 Å². The molecule has 4 nitrogen and oxygen atoms in total. The Balaban J connectivity index is 2.42. The Morgan fingerprint density at radius 1 is 1.38 bits per heavy atom. The molecule has 0 unspecified atom stereocenters. The lowest BCUT2D eigenvalue weighted by Gasteiger charge is -2.18. The van der Waals surface area contributed by atoms with Gasteiger partial charge in [0.05, 0.1) is 0 Å². The van der Waals surface area contributed by atoms with Crippen LogP contribution in [-0.2, 0) is 6.54 Å². The molecule has 0 atom stereocenters. The summed E-state index contributed by atoms with van der Waals surface area (Å²) in [5, 5.41) is 0. The Kier molecular flexibility index (Phi) is 5.82. The van der Waals surface area contributed by atoms with E-state index in [0.29, 0.717) is 13.2 Å². The number of aromatic nitrogens is 1. The van der Waals surface area contributed by atoms with Gasteiger partial charge < -0.3 is 15.4 Å². The quantitative estimate of drug-likeness (QED) is 0.756. The Labute approximate surface area is 97.4 Å². The van der Waals surface area contributed by atoms with Gasteiger partial charge in [-0.3, -0.25) is 4.98 Å². The molecule has 1 rings (SSSR count). The maximum absolute atomic E-state index is 5.70. The minimum Gasteiger partial charge on any atom is -0.492 e. The van der Waals surface area contributed by atoms with Crippen LogP contribution in [0.1, 0.15) is 19.4 Å². The van der Waals surface area contributed by atoms with Crippen molar-refractivity contribution in [2.75, 3.05) is 26.2 Å². The van der Waals surface area contributed by atoms with Crippen molar-refractivity contribution in [2.45, 2.75) is 20.4 Å². The molecule has 0 radical (unpaired) electrons. The summed E-state index contributed by atoms with van der Waals surface area (Å²) >= 11 is 0. The third-order valence-corrected chi connectivity index (χ3v) is 2.64. The first kappa shape index (κ1) is 12.9. The highest BCUT2D eigenvalue weighted by Gasteiger charge is 2.03. The van der Waals surface area contributed by atoms with Gasteiger partial charge in [-0.25, -0.2) is 0 Å². The van der Waals surface area contributed by atoms with E-state index in [1.54, 1.807) is 12.4 Å². The average Bonchev–Trinajstić information content (AvgIpc) is 2.35. The van der Waals surface area contributed by atoms with Crippen LogP contribution in [0.5, 0.6) is 5.75 Å². The maximum Gasteiger partial charge on any atom is 0.126 e. The number of nitrogens with zero attached hydrogens (tertiary/aromatic N) is 2. The molecule has 0 bridgehead atoms. The summed E-state index contributed by atoms with van der Waals surface area (Å²) in [7, 11) is 0. The van der Waals surface area contributed by atoms with Gasteiger partial charge in [0.15, 0.2) is 0 Å². The molecule has 90 valence electrons. The summed E-state index contributed by atoms with van der Waals surface area (Å²) < 4.78 is 5.70. The molecule has 0 saturated carbocycles. The fourth-order valence-corrected chi connectivity index (χ4v) is 1.53. The summed E-state index contributed by atoms with van der Waals surface area (Å²) in [5.74, 6) is 0.852. The Morgan fingerprint density at radius 2 is 2.12 bits per heavy atom. The fourth-order valence-electron chi connectivity index (χ4n) is 1.53. The highest BCUT2D eigenvalue weighted by atomic mass is 16.5. The number of ether oxygens (including phenoxy) is 1. The smallest absolute Gasteiger partial charge is 0.126 e. The van der Waals surface area contributed by atoms with Crippen LogP contribution in [0.25, 0.3) is 0 Å². The lowest BCUT2D eigenvalue weighted by atomic mass is 10.2. The van der Waals surface area contributed by atoms with Gasteiger partial charge in [-0.2, -0.15) is 0 Å². The van der Waals surface area contributed by atoms with Gasteiger partial charge in [0.1, 0.15) is 12.4 Å². The Morgan fingerprint density at radius 3 is 2.75 bits per heavy atom. The first-order valence-corrected chi connectivity index (χ1v) is 5.79. The number of rotatable bonds is 7. The largest absolute Gasteiger partial charge is 0.492 e. The molecule has 1 aromatic rings. The van der Waals surface area contributed by atoms with Crippen LogP contribution >= 0.6 is 0 Å². The summed E-state index contributed by atoms with van der Waals surface area (Å²) in [6.07, 6.45) is 3.48. The van der Waals surface area contributed by atoms with E-state index < -0.39 is 0 Å². The zero-order chi connectivity index (χ0) is 11.8. The predicted octanol–water partition coefficient (Wildman–Crippen LogP) is 1.26. The molecule has 2 N–H and O–H groups in total. The van der Waals surface area contributed by atoms with Crippen molar-refractivity contribution in [3.8, 4) is 5.75 Å². The topological polar surface area (TPSA) is 51.4 Å². The van der Waals surface area contributed by atoms with Gasteiger partial charge in [0.2, 0.25) is 0 Å². The normalized spacial score (nSPS) is 10.8. The van der Waals surface area contributed by atoms with E-state index in [0.717, 1.165) is 30.9 Å². The van der Waals surface area contributed by atoms with E-state index in [2.05, 4.69) is 23.7 Å². The molecule has 0 aliphatic carbocycles. The molecule has 1 aromatic heterocycles. The number of likely N-dealkylation sites (N-methyl/N-ethyl adjacent to an activating group) is 1. The first-order valence-electron chi connectivity index (χ1n) is 5.79. The summed E-state index contributed by atoms with van der Waals surface area (Å²) in [5.41, 5.74) is 6.56. The second kappa shape index (κ2) is 7.19. The van der Waals surface area contributed by atoms with Gasteiger partial charge in [0.25, 0.3) is 0 Å². The second-order valence-corrected chi connectivity index (χ2v) is 3.56. The molecule has 1 heterocycles. The Hall–Kier alpha value is -1.13. The van der Waals surface area contributed by atoms with E-state index >= 15 is 0 Å². The van der Waals surface area contributed by atoms with Gasteiger partial charge >= 0.3 is 0 Å². The van der Waals surface area contributed by atoms with Crippen LogP contribution in [-0.4, -0.2) is 36.1 Å². The minimum absolute atomic E-state index is 0.467. The minimum atomic E-state index is 0.467. The van der Waals surface area contributed by atoms with Crippen LogP contribution in [0.15, 0.2) is 18.5 Å². The molecule has 0 aliphatic rings. The van der Waals surface area contributed by atoms with E-state index in [9.17, 15) is 0 Å². The monoisotopic (exact) mass is 223 g/mol. The molecule has 16 heavy (non-hydrogen) atoms. The zero-order valence-electron chi connectivity index (χ0n) is 10.1. The van der Waals surface area contributed by atoms with Crippen molar-refractivity contribution in [3.63, 3.8) is 0 Å². The van der Waals surface area contributed by atoms with Crippen molar-refractivity contribution < 1.29 is 4.74 Å². The molecule has 0 saturated heterocycles. The van der Waals surface area contributed by atoms with Gasteiger partial charge in [0, 0.05) is 31.0 Å². The maximum atomic E-state index is 5.70. The predicted molar refractivity (Wildman–Crippen MR) is 65.4 cm³/mol. The number of hydrogen-bond acceptors (Lipinski definition) is 4. The molecule has 0 aliphatic heterocycles. The van der Waals surface area contributed by atoms with Crippen LogP contribution in [0.4, 0.5) is 0 Å². The molecule has 0 spiro atoms. The molecule has 0 amide bonds. The number of nitrogens with two attached hydrogens (primary N) is 1. The van der Waals surface area contributed by atoms with Crippen molar-refractivity contribution in [3.05, 3.63) is 24.0 Å². The van der Waals surface area contributed by atoms with E-state index in [-0.39, 0.29) is 0 Å².